The first-order chi connectivity index (χ1) is 27.7. The third-order valence-corrected chi connectivity index (χ3v) is 11.1. The Morgan fingerprint density at radius 1 is 0.912 bits per heavy atom. The molecule has 4 heterocycles. The van der Waals surface area contributed by atoms with E-state index in [1.807, 2.05) is 85.5 Å². The van der Waals surface area contributed by atoms with E-state index in [-0.39, 0.29) is 43.8 Å². The van der Waals surface area contributed by atoms with E-state index in [4.69, 9.17) is 14.2 Å². The summed E-state index contributed by atoms with van der Waals surface area (Å²) in [6, 6.07) is 31.5. The predicted octanol–water partition coefficient (Wildman–Crippen LogP) is 6.69. The Morgan fingerprint density at radius 2 is 1.58 bits per heavy atom. The number of halogens is 2. The van der Waals surface area contributed by atoms with Crippen molar-refractivity contribution < 1.29 is 27.8 Å². The Kier molecular flexibility index (Phi) is 10.5. The van der Waals surface area contributed by atoms with Crippen molar-refractivity contribution >= 4 is 23.1 Å². The van der Waals surface area contributed by atoms with Crippen LogP contribution in [-0.4, -0.2) is 84.0 Å². The van der Waals surface area contributed by atoms with Crippen LogP contribution in [0.15, 0.2) is 110 Å². The normalized spacial score (nSPS) is 22.4. The van der Waals surface area contributed by atoms with Crippen molar-refractivity contribution in [1.29, 1.82) is 5.26 Å². The molecule has 0 saturated carbocycles. The number of amides is 2. The maximum absolute atomic E-state index is 15.0. The van der Waals surface area contributed by atoms with Gasteiger partial charge in [0.15, 0.2) is 6.29 Å². The summed E-state index contributed by atoms with van der Waals surface area (Å²) in [5, 5.41) is 14.0. The van der Waals surface area contributed by atoms with E-state index in [1.54, 1.807) is 4.90 Å². The summed E-state index contributed by atoms with van der Waals surface area (Å²) >= 11 is 0. The third kappa shape index (κ3) is 7.48. The lowest BCUT2D eigenvalue weighted by Crippen LogP contribution is -2.48. The van der Waals surface area contributed by atoms with Gasteiger partial charge >= 0.3 is 6.03 Å². The second-order valence-corrected chi connectivity index (χ2v) is 14.9. The molecule has 1 aromatic heterocycles. The molecule has 0 bridgehead atoms. The number of nitrogens with zero attached hydrogens (tertiary/aromatic N) is 8. The number of anilines is 3. The SMILES string of the molecule is CC(C)N1C(=O)N(c2ccc(N3CCN(c4ccc(OC[C@H]5OC[C@](Cn6cncn6)(c6ccc(F)cc6F)O5)cc4)CC3)cc2)CC1(CC#N)c1ccccc1. The van der Waals surface area contributed by atoms with Gasteiger partial charge in [-0.25, -0.2) is 23.2 Å². The van der Waals surface area contributed by atoms with Crippen LogP contribution in [0.5, 0.6) is 5.75 Å². The molecule has 294 valence electrons. The van der Waals surface area contributed by atoms with E-state index in [0.717, 1.165) is 54.9 Å². The quantitative estimate of drug-likeness (QED) is 0.137. The summed E-state index contributed by atoms with van der Waals surface area (Å²) in [4.78, 5) is 26.2. The number of piperazine rings is 1. The number of urea groups is 1. The Bertz CT molecular complexity index is 2200. The molecule has 3 saturated heterocycles. The lowest BCUT2D eigenvalue weighted by atomic mass is 9.85. The fourth-order valence-electron chi connectivity index (χ4n) is 8.35. The molecule has 1 unspecified atom stereocenters. The van der Waals surface area contributed by atoms with Crippen molar-refractivity contribution in [3.8, 4) is 11.8 Å². The number of rotatable bonds is 12. The zero-order valence-corrected chi connectivity index (χ0v) is 31.9. The highest BCUT2D eigenvalue weighted by Crippen LogP contribution is 2.43. The van der Waals surface area contributed by atoms with E-state index in [2.05, 4.69) is 38.1 Å². The predicted molar refractivity (Wildman–Crippen MR) is 210 cm³/mol. The Balaban J connectivity index is 0.861. The summed E-state index contributed by atoms with van der Waals surface area (Å²) in [7, 11) is 0. The molecule has 5 aromatic rings. The van der Waals surface area contributed by atoms with E-state index in [0.29, 0.717) is 12.3 Å². The Labute approximate surface area is 330 Å². The molecule has 3 aliphatic heterocycles. The molecule has 0 N–H and O–H groups in total. The lowest BCUT2D eigenvalue weighted by molar-refractivity contribution is -0.117. The average Bonchev–Trinajstić information content (AvgIpc) is 3.97. The largest absolute Gasteiger partial charge is 0.488 e. The monoisotopic (exact) mass is 774 g/mol. The van der Waals surface area contributed by atoms with Gasteiger partial charge in [-0.15, -0.1) is 0 Å². The zero-order chi connectivity index (χ0) is 39.6. The summed E-state index contributed by atoms with van der Waals surface area (Å²) < 4.78 is 48.4. The number of nitriles is 1. The smallest absolute Gasteiger partial charge is 0.325 e. The molecule has 14 heteroatoms. The minimum Gasteiger partial charge on any atom is -0.488 e. The van der Waals surface area contributed by atoms with Gasteiger partial charge in [-0.3, -0.25) is 4.90 Å². The molecule has 0 aliphatic carbocycles. The molecule has 12 nitrogen and oxygen atoms in total. The Hall–Kier alpha value is -6.04. The second-order valence-electron chi connectivity index (χ2n) is 14.9. The fraction of sp³-hybridized carbons (Fsp3) is 0.349. The topological polar surface area (TPSA) is 112 Å². The molecule has 4 aromatic carbocycles. The maximum atomic E-state index is 15.0. The second kappa shape index (κ2) is 15.8. The van der Waals surface area contributed by atoms with Crippen LogP contribution < -0.4 is 19.4 Å². The van der Waals surface area contributed by atoms with Gasteiger partial charge < -0.3 is 28.9 Å². The minimum absolute atomic E-state index is 0.0202. The first-order valence-corrected chi connectivity index (χ1v) is 19.1. The fourth-order valence-corrected chi connectivity index (χ4v) is 8.35. The van der Waals surface area contributed by atoms with Gasteiger partial charge in [0.1, 0.15) is 47.8 Å². The molecule has 3 fully saturated rings. The van der Waals surface area contributed by atoms with Crippen molar-refractivity contribution in [3.05, 3.63) is 132 Å². The average molecular weight is 775 g/mol. The highest BCUT2D eigenvalue weighted by molar-refractivity contribution is 5.96. The number of aromatic nitrogens is 3. The Morgan fingerprint density at radius 3 is 2.19 bits per heavy atom. The minimum atomic E-state index is -1.25. The van der Waals surface area contributed by atoms with Crippen LogP contribution >= 0.6 is 0 Å². The van der Waals surface area contributed by atoms with Crippen LogP contribution in [0.2, 0.25) is 0 Å². The summed E-state index contributed by atoms with van der Waals surface area (Å²) in [5.41, 5.74) is 2.12. The summed E-state index contributed by atoms with van der Waals surface area (Å²) in [6.45, 7) is 7.89. The summed E-state index contributed by atoms with van der Waals surface area (Å²) in [6.07, 6.45) is 2.29. The highest BCUT2D eigenvalue weighted by atomic mass is 19.1. The van der Waals surface area contributed by atoms with Gasteiger partial charge in [0, 0.05) is 60.9 Å². The number of ether oxygens (including phenoxy) is 3. The van der Waals surface area contributed by atoms with Gasteiger partial charge in [0.2, 0.25) is 0 Å². The van der Waals surface area contributed by atoms with E-state index in [9.17, 15) is 18.8 Å². The number of carbonyl (C=O) groups excluding carboxylic acids is 1. The van der Waals surface area contributed by atoms with Crippen LogP contribution in [0.3, 0.4) is 0 Å². The van der Waals surface area contributed by atoms with Gasteiger partial charge in [-0.2, -0.15) is 10.4 Å². The third-order valence-electron chi connectivity index (χ3n) is 11.1. The number of carbonyl (C=O) groups is 1. The van der Waals surface area contributed by atoms with Gasteiger partial charge in [-0.05, 0) is 74.0 Å². The van der Waals surface area contributed by atoms with Crippen LogP contribution in [0.4, 0.5) is 30.6 Å². The van der Waals surface area contributed by atoms with Crippen molar-refractivity contribution in [2.45, 2.75) is 50.3 Å². The number of benzene rings is 4. The van der Waals surface area contributed by atoms with Crippen molar-refractivity contribution in [1.82, 2.24) is 19.7 Å². The van der Waals surface area contributed by atoms with E-state index < -0.39 is 29.1 Å². The maximum Gasteiger partial charge on any atom is 0.325 e. The molecular formula is C43H44F2N8O4. The molecule has 3 atom stereocenters. The molecule has 2 amide bonds. The van der Waals surface area contributed by atoms with Crippen molar-refractivity contribution in [2.75, 3.05) is 60.6 Å². The zero-order valence-electron chi connectivity index (χ0n) is 31.9. The van der Waals surface area contributed by atoms with Gasteiger partial charge in [0.05, 0.1) is 32.2 Å². The van der Waals surface area contributed by atoms with Crippen molar-refractivity contribution in [3.63, 3.8) is 0 Å². The molecule has 8 rings (SSSR count). The molecule has 0 spiro atoms. The molecule has 57 heavy (non-hydrogen) atoms. The van der Waals surface area contributed by atoms with Crippen LogP contribution in [-0.2, 0) is 27.2 Å². The molecular weight excluding hydrogens is 731 g/mol. The number of hydrogen-bond acceptors (Lipinski definition) is 9. The molecule has 3 aliphatic rings. The van der Waals surface area contributed by atoms with Crippen molar-refractivity contribution in [2.24, 2.45) is 0 Å². The van der Waals surface area contributed by atoms with E-state index >= 15 is 0 Å². The van der Waals surface area contributed by atoms with Gasteiger partial charge in [0.25, 0.3) is 0 Å². The highest BCUT2D eigenvalue weighted by Gasteiger charge is 2.52. The molecule has 0 radical (unpaired) electrons. The van der Waals surface area contributed by atoms with Crippen LogP contribution in [0, 0.1) is 23.0 Å². The first-order valence-electron chi connectivity index (χ1n) is 19.1. The van der Waals surface area contributed by atoms with Crippen LogP contribution in [0.1, 0.15) is 31.4 Å². The summed E-state index contributed by atoms with van der Waals surface area (Å²) in [5.74, 6) is -0.775. The first kappa shape index (κ1) is 37.9. The number of hydrogen-bond donors (Lipinski definition) is 0. The van der Waals surface area contributed by atoms with E-state index in [1.165, 1.54) is 29.5 Å². The lowest BCUT2D eigenvalue weighted by Gasteiger charge is -2.38. The van der Waals surface area contributed by atoms with Crippen LogP contribution in [0.25, 0.3) is 0 Å². The van der Waals surface area contributed by atoms with Gasteiger partial charge in [-0.1, -0.05) is 36.4 Å². The standard InChI is InChI=1S/C43H44F2N8O4/c1-31(2)53-41(54)52(26-42(53,18-19-46)32-6-4-3-5-7-32)36-11-9-34(10-12-36)49-20-22-50(23-21-49)35-13-15-37(16-14-35)55-25-40-56-28-43(57-40,27-51-30-47-29-48-51)38-17-8-33(44)24-39(38)45/h3-17,24,29-31,40H,18,20-23,25-28H2,1-2H3/t40-,42?,43+/m0/s1.